The molecule has 0 saturated heterocycles. The maximum Gasteiger partial charge on any atom is 0.130 e. The van der Waals surface area contributed by atoms with E-state index in [2.05, 4.69) is 12.6 Å². The molecule has 0 aromatic heterocycles. The molecule has 0 amide bonds. The fourth-order valence-electron chi connectivity index (χ4n) is 1.44. The van der Waals surface area contributed by atoms with Crippen LogP contribution in [0.1, 0.15) is 17.7 Å². The molecule has 0 aliphatic carbocycles. The van der Waals surface area contributed by atoms with Crippen molar-refractivity contribution in [3.05, 3.63) is 17.7 Å². The van der Waals surface area contributed by atoms with Gasteiger partial charge in [-0.05, 0) is 6.92 Å². The minimum atomic E-state index is 0.0424. The van der Waals surface area contributed by atoms with Crippen LogP contribution in [0.5, 0.6) is 17.2 Å². The molecule has 3 nitrogen and oxygen atoms in total. The average molecular weight is 228 g/mol. The second kappa shape index (κ2) is 5.16. The van der Waals surface area contributed by atoms with Crippen molar-refractivity contribution in [1.82, 2.24) is 0 Å². The molecule has 1 aromatic carbocycles. The van der Waals surface area contributed by atoms with Gasteiger partial charge in [-0.2, -0.15) is 12.6 Å². The van der Waals surface area contributed by atoms with E-state index in [9.17, 15) is 0 Å². The van der Waals surface area contributed by atoms with Gasteiger partial charge in [0.15, 0.2) is 0 Å². The van der Waals surface area contributed by atoms with Crippen molar-refractivity contribution in [2.75, 3.05) is 21.3 Å². The van der Waals surface area contributed by atoms with Crippen molar-refractivity contribution in [2.45, 2.75) is 12.2 Å². The Morgan fingerprint density at radius 2 is 1.47 bits per heavy atom. The quantitative estimate of drug-likeness (QED) is 0.803. The molecule has 0 aliphatic heterocycles. The zero-order valence-corrected chi connectivity index (χ0v) is 10.3. The molecule has 4 heteroatoms. The van der Waals surface area contributed by atoms with E-state index < -0.39 is 0 Å². The third-order valence-electron chi connectivity index (χ3n) is 2.17. The first kappa shape index (κ1) is 12.0. The number of rotatable bonds is 4. The fourth-order valence-corrected chi connectivity index (χ4v) is 1.70. The molecular formula is C11H16O3S. The van der Waals surface area contributed by atoms with Crippen molar-refractivity contribution in [3.63, 3.8) is 0 Å². The Bertz CT molecular complexity index is 312. The monoisotopic (exact) mass is 228 g/mol. The van der Waals surface area contributed by atoms with Crippen LogP contribution in [-0.4, -0.2) is 21.3 Å². The van der Waals surface area contributed by atoms with E-state index in [1.165, 1.54) is 0 Å². The standard InChI is InChI=1S/C11H16O3S/c1-7(15)11-9(13-3)5-8(12-2)6-10(11)14-4/h5-7,15H,1-4H3. The number of ether oxygens (including phenoxy) is 3. The maximum absolute atomic E-state index is 5.28. The minimum absolute atomic E-state index is 0.0424. The summed E-state index contributed by atoms with van der Waals surface area (Å²) in [6, 6.07) is 3.65. The first-order valence-corrected chi connectivity index (χ1v) is 5.13. The molecule has 0 fully saturated rings. The normalized spacial score (nSPS) is 12.1. The zero-order chi connectivity index (χ0) is 11.4. The van der Waals surface area contributed by atoms with Crippen LogP contribution >= 0.6 is 12.6 Å². The molecule has 0 N–H and O–H groups in total. The third-order valence-corrected chi connectivity index (χ3v) is 2.43. The summed E-state index contributed by atoms with van der Waals surface area (Å²) < 4.78 is 15.7. The Kier molecular flexibility index (Phi) is 4.15. The van der Waals surface area contributed by atoms with Crippen molar-refractivity contribution in [2.24, 2.45) is 0 Å². The van der Waals surface area contributed by atoms with Crippen LogP contribution in [0.3, 0.4) is 0 Å². The number of benzene rings is 1. The lowest BCUT2D eigenvalue weighted by Crippen LogP contribution is -1.98. The number of hydrogen-bond acceptors (Lipinski definition) is 4. The Hall–Kier alpha value is -1.03. The van der Waals surface area contributed by atoms with Gasteiger partial charge in [-0.1, -0.05) is 0 Å². The Labute approximate surface area is 95.8 Å². The molecule has 0 spiro atoms. The van der Waals surface area contributed by atoms with Crippen molar-refractivity contribution < 1.29 is 14.2 Å². The summed E-state index contributed by atoms with van der Waals surface area (Å²) in [5, 5.41) is 0.0424. The lowest BCUT2D eigenvalue weighted by atomic mass is 10.1. The van der Waals surface area contributed by atoms with Crippen LogP contribution < -0.4 is 14.2 Å². The smallest absolute Gasteiger partial charge is 0.130 e. The van der Waals surface area contributed by atoms with Gasteiger partial charge in [-0.25, -0.2) is 0 Å². The van der Waals surface area contributed by atoms with Crippen LogP contribution in [0.2, 0.25) is 0 Å². The van der Waals surface area contributed by atoms with E-state index in [0.29, 0.717) is 5.75 Å². The number of hydrogen-bond donors (Lipinski definition) is 1. The Morgan fingerprint density at radius 1 is 1.00 bits per heavy atom. The molecule has 15 heavy (non-hydrogen) atoms. The van der Waals surface area contributed by atoms with Gasteiger partial charge in [0.1, 0.15) is 17.2 Å². The van der Waals surface area contributed by atoms with E-state index in [-0.39, 0.29) is 5.25 Å². The first-order valence-electron chi connectivity index (χ1n) is 4.62. The highest BCUT2D eigenvalue weighted by Crippen LogP contribution is 2.40. The average Bonchev–Trinajstić information content (AvgIpc) is 2.26. The van der Waals surface area contributed by atoms with E-state index in [1.54, 1.807) is 21.3 Å². The first-order chi connectivity index (χ1) is 7.13. The molecule has 0 aliphatic rings. The second-order valence-corrected chi connectivity index (χ2v) is 3.90. The summed E-state index contributed by atoms with van der Waals surface area (Å²) in [5.41, 5.74) is 0.934. The SMILES string of the molecule is COc1cc(OC)c(C(C)S)c(OC)c1. The molecule has 1 aromatic rings. The fraction of sp³-hybridized carbons (Fsp3) is 0.455. The predicted molar refractivity (Wildman–Crippen MR) is 63.5 cm³/mol. The third kappa shape index (κ3) is 2.50. The minimum Gasteiger partial charge on any atom is -0.496 e. The molecule has 84 valence electrons. The molecule has 0 saturated carbocycles. The van der Waals surface area contributed by atoms with Crippen molar-refractivity contribution in [3.8, 4) is 17.2 Å². The number of thiol groups is 1. The summed E-state index contributed by atoms with van der Waals surface area (Å²) in [6.45, 7) is 1.97. The lowest BCUT2D eigenvalue weighted by molar-refractivity contribution is 0.369. The maximum atomic E-state index is 5.28. The van der Waals surface area contributed by atoms with Crippen LogP contribution in [0, 0.1) is 0 Å². The van der Waals surface area contributed by atoms with E-state index >= 15 is 0 Å². The van der Waals surface area contributed by atoms with Crippen molar-refractivity contribution in [1.29, 1.82) is 0 Å². The summed E-state index contributed by atoms with van der Waals surface area (Å²) >= 11 is 4.40. The van der Waals surface area contributed by atoms with Crippen LogP contribution in [0.25, 0.3) is 0 Å². The highest BCUT2D eigenvalue weighted by atomic mass is 32.1. The van der Waals surface area contributed by atoms with Crippen molar-refractivity contribution >= 4 is 12.6 Å². The topological polar surface area (TPSA) is 27.7 Å². The second-order valence-electron chi connectivity index (χ2n) is 3.12. The van der Waals surface area contributed by atoms with Gasteiger partial charge in [-0.15, -0.1) is 0 Å². The number of methoxy groups -OCH3 is 3. The molecule has 1 atom stereocenters. The van der Waals surface area contributed by atoms with Gasteiger partial charge in [0.2, 0.25) is 0 Å². The van der Waals surface area contributed by atoms with Gasteiger partial charge in [0.25, 0.3) is 0 Å². The summed E-state index contributed by atoms with van der Waals surface area (Å²) in [6.07, 6.45) is 0. The summed E-state index contributed by atoms with van der Waals surface area (Å²) in [4.78, 5) is 0. The van der Waals surface area contributed by atoms with Gasteiger partial charge >= 0.3 is 0 Å². The molecule has 1 rings (SSSR count). The van der Waals surface area contributed by atoms with Gasteiger partial charge < -0.3 is 14.2 Å². The van der Waals surface area contributed by atoms with Crippen LogP contribution in [0.15, 0.2) is 12.1 Å². The molecule has 0 bridgehead atoms. The molecular weight excluding hydrogens is 212 g/mol. The molecule has 1 unspecified atom stereocenters. The zero-order valence-electron chi connectivity index (χ0n) is 9.40. The van der Waals surface area contributed by atoms with Gasteiger partial charge in [0.05, 0.1) is 21.3 Å². The van der Waals surface area contributed by atoms with E-state index in [1.807, 2.05) is 19.1 Å². The predicted octanol–water partition coefficient (Wildman–Crippen LogP) is 2.70. The summed E-state index contributed by atoms with van der Waals surface area (Å²) in [7, 11) is 4.85. The molecule has 0 radical (unpaired) electrons. The van der Waals surface area contributed by atoms with Gasteiger partial charge in [-0.3, -0.25) is 0 Å². The van der Waals surface area contributed by atoms with E-state index in [4.69, 9.17) is 14.2 Å². The lowest BCUT2D eigenvalue weighted by Gasteiger charge is -2.16. The van der Waals surface area contributed by atoms with Crippen LogP contribution in [-0.2, 0) is 0 Å². The highest BCUT2D eigenvalue weighted by Gasteiger charge is 2.16. The van der Waals surface area contributed by atoms with Crippen LogP contribution in [0.4, 0.5) is 0 Å². The Morgan fingerprint density at radius 3 is 1.73 bits per heavy atom. The highest BCUT2D eigenvalue weighted by molar-refractivity contribution is 7.80. The Balaban J connectivity index is 3.32. The van der Waals surface area contributed by atoms with E-state index in [0.717, 1.165) is 17.1 Å². The largest absolute Gasteiger partial charge is 0.496 e. The molecule has 0 heterocycles. The van der Waals surface area contributed by atoms with Gasteiger partial charge in [0, 0.05) is 22.9 Å². The summed E-state index contributed by atoms with van der Waals surface area (Å²) in [5.74, 6) is 2.17.